The molecule has 21 heavy (non-hydrogen) atoms. The van der Waals surface area contributed by atoms with Crippen molar-refractivity contribution in [2.45, 2.75) is 19.8 Å². The number of hydrogen-bond donors (Lipinski definition) is 0. The molecule has 1 atom stereocenters. The van der Waals surface area contributed by atoms with E-state index in [-0.39, 0.29) is 5.91 Å². The molecule has 3 rings (SSSR count). The maximum Gasteiger partial charge on any atom is 0.253 e. The van der Waals surface area contributed by atoms with E-state index in [9.17, 15) is 4.79 Å². The Bertz CT molecular complexity index is 665. The van der Waals surface area contributed by atoms with Crippen molar-refractivity contribution in [2.24, 2.45) is 5.92 Å². The summed E-state index contributed by atoms with van der Waals surface area (Å²) in [7, 11) is 1.66. The number of carbonyl (C=O) groups excluding carboxylic acids is 1. The summed E-state index contributed by atoms with van der Waals surface area (Å²) in [6, 6.07) is 11.8. The van der Waals surface area contributed by atoms with E-state index in [0.717, 1.165) is 41.6 Å². The highest BCUT2D eigenvalue weighted by Gasteiger charge is 2.22. The van der Waals surface area contributed by atoms with Gasteiger partial charge in [-0.2, -0.15) is 0 Å². The molecular formula is C18H21NO2. The molecule has 1 fully saturated rings. The minimum atomic E-state index is 0.152. The van der Waals surface area contributed by atoms with Gasteiger partial charge in [0.2, 0.25) is 0 Å². The largest absolute Gasteiger partial charge is 0.497 e. The van der Waals surface area contributed by atoms with Gasteiger partial charge in [-0.3, -0.25) is 4.79 Å². The van der Waals surface area contributed by atoms with Crippen LogP contribution in [0.5, 0.6) is 5.75 Å². The van der Waals surface area contributed by atoms with Crippen LogP contribution in [0.25, 0.3) is 10.8 Å². The lowest BCUT2D eigenvalue weighted by Gasteiger charge is -2.31. The molecule has 0 aromatic heterocycles. The minimum absolute atomic E-state index is 0.152. The predicted molar refractivity (Wildman–Crippen MR) is 84.8 cm³/mol. The van der Waals surface area contributed by atoms with E-state index >= 15 is 0 Å². The van der Waals surface area contributed by atoms with E-state index in [0.29, 0.717) is 5.92 Å². The zero-order valence-electron chi connectivity index (χ0n) is 12.6. The Morgan fingerprint density at radius 2 is 1.95 bits per heavy atom. The minimum Gasteiger partial charge on any atom is -0.497 e. The molecule has 1 saturated heterocycles. The van der Waals surface area contributed by atoms with E-state index in [2.05, 4.69) is 6.92 Å². The number of amides is 1. The second-order valence-electron chi connectivity index (χ2n) is 5.93. The van der Waals surface area contributed by atoms with Crippen molar-refractivity contribution in [1.82, 2.24) is 4.90 Å². The third-order valence-electron chi connectivity index (χ3n) is 4.24. The number of likely N-dealkylation sites (tertiary alicyclic amines) is 1. The van der Waals surface area contributed by atoms with Crippen molar-refractivity contribution in [3.8, 4) is 5.75 Å². The van der Waals surface area contributed by atoms with Crippen molar-refractivity contribution in [3.63, 3.8) is 0 Å². The quantitative estimate of drug-likeness (QED) is 0.840. The molecule has 110 valence electrons. The van der Waals surface area contributed by atoms with Crippen molar-refractivity contribution in [1.29, 1.82) is 0 Å². The second kappa shape index (κ2) is 5.76. The Kier molecular flexibility index (Phi) is 3.82. The average molecular weight is 283 g/mol. The predicted octanol–water partition coefficient (Wildman–Crippen LogP) is 3.72. The average Bonchev–Trinajstić information content (AvgIpc) is 2.53. The van der Waals surface area contributed by atoms with Gasteiger partial charge in [0.1, 0.15) is 5.75 Å². The van der Waals surface area contributed by atoms with Gasteiger partial charge in [0.25, 0.3) is 5.91 Å². The summed E-state index contributed by atoms with van der Waals surface area (Å²) in [4.78, 5) is 14.6. The van der Waals surface area contributed by atoms with Gasteiger partial charge in [0.05, 0.1) is 7.11 Å². The fraction of sp³-hybridized carbons (Fsp3) is 0.389. The van der Waals surface area contributed by atoms with Gasteiger partial charge in [0, 0.05) is 18.7 Å². The fourth-order valence-electron chi connectivity index (χ4n) is 3.04. The standard InChI is InChI=1S/C18H21NO2/c1-13-4-3-9-19(12-13)18(20)16-6-5-15-11-17(21-2)8-7-14(15)10-16/h5-8,10-11,13H,3-4,9,12H2,1-2H3/t13-/m1/s1. The molecule has 0 N–H and O–H groups in total. The van der Waals surface area contributed by atoms with Crippen LogP contribution in [0.3, 0.4) is 0 Å². The highest BCUT2D eigenvalue weighted by atomic mass is 16.5. The third kappa shape index (κ3) is 2.87. The number of nitrogens with zero attached hydrogens (tertiary/aromatic N) is 1. The van der Waals surface area contributed by atoms with Crippen LogP contribution in [0, 0.1) is 5.92 Å². The molecule has 1 heterocycles. The molecule has 0 aliphatic carbocycles. The van der Waals surface area contributed by atoms with Gasteiger partial charge in [-0.15, -0.1) is 0 Å². The Morgan fingerprint density at radius 1 is 1.19 bits per heavy atom. The van der Waals surface area contributed by atoms with Crippen LogP contribution in [0.1, 0.15) is 30.1 Å². The molecule has 1 aliphatic heterocycles. The first-order chi connectivity index (χ1) is 10.2. The molecule has 2 aromatic rings. The van der Waals surface area contributed by atoms with Crippen molar-refractivity contribution < 1.29 is 9.53 Å². The van der Waals surface area contributed by atoms with Gasteiger partial charge in [-0.05, 0) is 53.8 Å². The smallest absolute Gasteiger partial charge is 0.253 e. The molecule has 1 aliphatic rings. The first kappa shape index (κ1) is 13.9. The Morgan fingerprint density at radius 3 is 2.71 bits per heavy atom. The lowest BCUT2D eigenvalue weighted by molar-refractivity contribution is 0.0683. The number of piperidine rings is 1. The highest BCUT2D eigenvalue weighted by Crippen LogP contribution is 2.23. The van der Waals surface area contributed by atoms with Gasteiger partial charge in [-0.25, -0.2) is 0 Å². The highest BCUT2D eigenvalue weighted by molar-refractivity contribution is 5.98. The monoisotopic (exact) mass is 283 g/mol. The van der Waals surface area contributed by atoms with Crippen molar-refractivity contribution >= 4 is 16.7 Å². The second-order valence-corrected chi connectivity index (χ2v) is 5.93. The summed E-state index contributed by atoms with van der Waals surface area (Å²) >= 11 is 0. The number of carbonyl (C=O) groups is 1. The Balaban J connectivity index is 1.88. The van der Waals surface area contributed by atoms with Crippen LogP contribution in [0.4, 0.5) is 0 Å². The summed E-state index contributed by atoms with van der Waals surface area (Å²) in [5, 5.41) is 2.17. The SMILES string of the molecule is COc1ccc2cc(C(=O)N3CCC[C@@H](C)C3)ccc2c1. The molecular weight excluding hydrogens is 262 g/mol. The van der Waals surface area contributed by atoms with Crippen LogP contribution in [0.2, 0.25) is 0 Å². The number of fused-ring (bicyclic) bond motifs is 1. The number of rotatable bonds is 2. The van der Waals surface area contributed by atoms with Gasteiger partial charge < -0.3 is 9.64 Å². The van der Waals surface area contributed by atoms with Crippen molar-refractivity contribution in [3.05, 3.63) is 42.0 Å². The van der Waals surface area contributed by atoms with E-state index < -0.39 is 0 Å². The van der Waals surface area contributed by atoms with Crippen LogP contribution in [-0.4, -0.2) is 31.0 Å². The lowest BCUT2D eigenvalue weighted by Crippen LogP contribution is -2.39. The molecule has 0 unspecified atom stereocenters. The summed E-state index contributed by atoms with van der Waals surface area (Å²) in [5.74, 6) is 1.60. The van der Waals surface area contributed by atoms with Gasteiger partial charge >= 0.3 is 0 Å². The van der Waals surface area contributed by atoms with Gasteiger partial charge in [-0.1, -0.05) is 19.1 Å². The molecule has 0 bridgehead atoms. The summed E-state index contributed by atoms with van der Waals surface area (Å²) < 4.78 is 5.23. The molecule has 3 nitrogen and oxygen atoms in total. The van der Waals surface area contributed by atoms with Crippen LogP contribution in [0.15, 0.2) is 36.4 Å². The first-order valence-electron chi connectivity index (χ1n) is 7.54. The maximum absolute atomic E-state index is 12.6. The molecule has 0 saturated carbocycles. The number of benzene rings is 2. The number of ether oxygens (including phenoxy) is 1. The first-order valence-corrected chi connectivity index (χ1v) is 7.54. The molecule has 0 radical (unpaired) electrons. The lowest BCUT2D eigenvalue weighted by atomic mass is 9.99. The molecule has 2 aromatic carbocycles. The van der Waals surface area contributed by atoms with Crippen LogP contribution < -0.4 is 4.74 Å². The number of hydrogen-bond acceptors (Lipinski definition) is 2. The Hall–Kier alpha value is -2.03. The molecule has 3 heteroatoms. The summed E-state index contributed by atoms with van der Waals surface area (Å²) in [6.07, 6.45) is 2.33. The summed E-state index contributed by atoms with van der Waals surface area (Å²) in [6.45, 7) is 3.97. The Labute approximate surface area is 125 Å². The van der Waals surface area contributed by atoms with Crippen LogP contribution >= 0.6 is 0 Å². The molecule has 0 spiro atoms. The zero-order chi connectivity index (χ0) is 14.8. The fourth-order valence-corrected chi connectivity index (χ4v) is 3.04. The molecule has 1 amide bonds. The van der Waals surface area contributed by atoms with E-state index in [1.807, 2.05) is 41.3 Å². The number of methoxy groups -OCH3 is 1. The summed E-state index contributed by atoms with van der Waals surface area (Å²) in [5.41, 5.74) is 0.779. The third-order valence-corrected chi connectivity index (χ3v) is 4.24. The van der Waals surface area contributed by atoms with E-state index in [1.165, 1.54) is 6.42 Å². The van der Waals surface area contributed by atoms with Gasteiger partial charge in [0.15, 0.2) is 0 Å². The zero-order valence-corrected chi connectivity index (χ0v) is 12.6. The van der Waals surface area contributed by atoms with E-state index in [1.54, 1.807) is 7.11 Å². The topological polar surface area (TPSA) is 29.5 Å². The maximum atomic E-state index is 12.6. The van der Waals surface area contributed by atoms with Crippen molar-refractivity contribution in [2.75, 3.05) is 20.2 Å². The van der Waals surface area contributed by atoms with E-state index in [4.69, 9.17) is 4.74 Å². The normalized spacial score (nSPS) is 18.8. The van der Waals surface area contributed by atoms with Crippen LogP contribution in [-0.2, 0) is 0 Å².